The van der Waals surface area contributed by atoms with Crippen molar-refractivity contribution in [3.05, 3.63) is 41.0 Å². The lowest BCUT2D eigenvalue weighted by Crippen LogP contribution is -2.25. The Morgan fingerprint density at radius 2 is 2.20 bits per heavy atom. The topological polar surface area (TPSA) is 36.4 Å². The normalized spacial score (nSPS) is 25.6. The van der Waals surface area contributed by atoms with E-state index in [0.29, 0.717) is 13.0 Å². The maximum absolute atomic E-state index is 9.70. The first-order valence-corrected chi connectivity index (χ1v) is 7.80. The van der Waals surface area contributed by atoms with E-state index in [1.54, 1.807) is 11.3 Å². The summed E-state index contributed by atoms with van der Waals surface area (Å²) >= 11 is 1.66. The zero-order chi connectivity index (χ0) is 15.0. The van der Waals surface area contributed by atoms with E-state index in [2.05, 4.69) is 41.1 Å². The zero-order valence-electron chi connectivity index (χ0n) is 12.8. The van der Waals surface area contributed by atoms with Gasteiger partial charge in [0.25, 0.3) is 0 Å². The van der Waals surface area contributed by atoms with Crippen LogP contribution in [0.2, 0.25) is 0 Å². The van der Waals surface area contributed by atoms with E-state index in [9.17, 15) is 5.11 Å². The van der Waals surface area contributed by atoms with Crippen LogP contribution >= 0.6 is 11.3 Å². The minimum atomic E-state index is -0.367. The summed E-state index contributed by atoms with van der Waals surface area (Å²) in [6.45, 7) is 4.41. The molecule has 4 heteroatoms. The summed E-state index contributed by atoms with van der Waals surface area (Å²) in [5, 5.41) is 9.70. The molecule has 3 rings (SSSR count). The number of hydrogen-bond donors (Lipinski definition) is 1. The molecule has 1 aliphatic rings. The fraction of sp³-hybridized carbons (Fsp3) is 0.438. The van der Waals surface area contributed by atoms with Crippen LogP contribution in [0.3, 0.4) is 0 Å². The smallest absolute Gasteiger partial charge is 0.0801 e. The number of rotatable bonds is 3. The van der Waals surface area contributed by atoms with Gasteiger partial charge in [-0.1, -0.05) is 24.3 Å². The van der Waals surface area contributed by atoms with Gasteiger partial charge in [0.15, 0.2) is 0 Å². The molecule has 106 valence electrons. The lowest BCUT2D eigenvalue weighted by atomic mass is 10.0. The first-order valence-electron chi connectivity index (χ1n) is 7.50. The van der Waals surface area contributed by atoms with Gasteiger partial charge in [-0.3, -0.25) is 4.90 Å². The monoisotopic (exact) mass is 289 g/mol. The molecular formula is C16H20N2OS. The van der Waals surface area contributed by atoms with E-state index in [-0.39, 0.29) is 18.7 Å². The Morgan fingerprint density at radius 3 is 2.75 bits per heavy atom. The molecule has 3 atom stereocenters. The zero-order valence-corrected chi connectivity index (χ0v) is 12.6. The Kier molecular flexibility index (Phi) is 3.53. The minimum absolute atomic E-state index is 0.154. The fourth-order valence-corrected chi connectivity index (χ4v) is 3.46. The molecule has 2 unspecified atom stereocenters. The van der Waals surface area contributed by atoms with Crippen molar-refractivity contribution >= 4 is 11.3 Å². The maximum Gasteiger partial charge on any atom is 0.0801 e. The van der Waals surface area contributed by atoms with Crippen molar-refractivity contribution < 1.29 is 6.48 Å². The Morgan fingerprint density at radius 1 is 1.45 bits per heavy atom. The van der Waals surface area contributed by atoms with Crippen LogP contribution in [0.1, 0.15) is 32.0 Å². The second-order valence-electron chi connectivity index (χ2n) is 5.33. The average Bonchev–Trinajstić information content (AvgIpc) is 3.04. The number of aryl methyl sites for hydroxylation is 1. The van der Waals surface area contributed by atoms with Gasteiger partial charge in [0, 0.05) is 20.5 Å². The van der Waals surface area contributed by atoms with Crippen LogP contribution in [-0.2, 0) is 0 Å². The fourth-order valence-electron chi connectivity index (χ4n) is 2.65. The third-order valence-corrected chi connectivity index (χ3v) is 4.91. The number of likely N-dealkylation sites (tertiary alicyclic amines) is 1. The highest BCUT2D eigenvalue weighted by Crippen LogP contribution is 2.30. The Balaban J connectivity index is 1.79. The molecule has 0 amide bonds. The van der Waals surface area contributed by atoms with Crippen molar-refractivity contribution in [1.29, 1.82) is 0 Å². The van der Waals surface area contributed by atoms with E-state index in [1.807, 2.05) is 12.4 Å². The SMILES string of the molecule is [2H]C1CC(O)CN1[C@@H](C)c1ccc(-c2scnc2C)cc1. The molecule has 1 saturated heterocycles. The van der Waals surface area contributed by atoms with Crippen molar-refractivity contribution in [3.63, 3.8) is 0 Å². The number of aromatic nitrogens is 1. The van der Waals surface area contributed by atoms with Gasteiger partial charge in [-0.15, -0.1) is 11.3 Å². The predicted molar refractivity (Wildman–Crippen MR) is 82.9 cm³/mol. The molecule has 1 N–H and O–H groups in total. The number of thiazole rings is 1. The van der Waals surface area contributed by atoms with Crippen molar-refractivity contribution in [3.8, 4) is 10.4 Å². The summed E-state index contributed by atoms with van der Waals surface area (Å²) in [6, 6.07) is 8.64. The van der Waals surface area contributed by atoms with Crippen LogP contribution < -0.4 is 0 Å². The second-order valence-corrected chi connectivity index (χ2v) is 6.19. The molecule has 3 nitrogen and oxygen atoms in total. The van der Waals surface area contributed by atoms with Gasteiger partial charge >= 0.3 is 0 Å². The largest absolute Gasteiger partial charge is 0.392 e. The number of aliphatic hydroxyl groups excluding tert-OH is 1. The molecule has 2 aromatic rings. The molecule has 0 spiro atoms. The summed E-state index contributed by atoms with van der Waals surface area (Å²) in [5.41, 5.74) is 5.31. The molecule has 1 fully saturated rings. The highest BCUT2D eigenvalue weighted by atomic mass is 32.1. The summed E-state index contributed by atoms with van der Waals surface area (Å²) in [4.78, 5) is 7.55. The summed E-state index contributed by atoms with van der Waals surface area (Å²) < 4.78 is 8.04. The minimum Gasteiger partial charge on any atom is -0.392 e. The van der Waals surface area contributed by atoms with E-state index < -0.39 is 0 Å². The standard InChI is InChI=1S/C16H20N2OS/c1-11-16(20-10-17-11)14-5-3-13(4-6-14)12(2)18-8-7-15(19)9-18/h3-6,10,12,15,19H,7-9H2,1-2H3/t12-,15?/m0/s1/i8D/t8?,12-,15?. The Labute approximate surface area is 125 Å². The van der Waals surface area contributed by atoms with Gasteiger partial charge in [-0.05, 0) is 31.4 Å². The van der Waals surface area contributed by atoms with E-state index in [4.69, 9.17) is 1.37 Å². The predicted octanol–water partition coefficient (Wildman–Crippen LogP) is 3.25. The summed E-state index contributed by atoms with van der Waals surface area (Å²) in [6.07, 6.45) is 0.178. The molecule has 1 aromatic carbocycles. The molecule has 1 aliphatic heterocycles. The van der Waals surface area contributed by atoms with Crippen LogP contribution in [0, 0.1) is 6.92 Å². The highest BCUT2D eigenvalue weighted by molar-refractivity contribution is 7.13. The van der Waals surface area contributed by atoms with Gasteiger partial charge in [0.2, 0.25) is 0 Å². The molecule has 2 heterocycles. The third-order valence-electron chi connectivity index (χ3n) is 3.93. The third kappa shape index (κ3) is 2.64. The number of nitrogens with zero attached hydrogens (tertiary/aromatic N) is 2. The number of hydrogen-bond acceptors (Lipinski definition) is 4. The van der Waals surface area contributed by atoms with Gasteiger partial charge in [0.1, 0.15) is 0 Å². The number of benzene rings is 1. The second kappa shape index (κ2) is 5.64. The van der Waals surface area contributed by atoms with Crippen molar-refractivity contribution in [1.82, 2.24) is 9.88 Å². The molecule has 0 radical (unpaired) electrons. The summed E-state index contributed by atoms with van der Waals surface area (Å²) in [7, 11) is 0. The van der Waals surface area contributed by atoms with E-state index in [0.717, 1.165) is 5.69 Å². The van der Waals surface area contributed by atoms with Crippen LogP contribution in [0.4, 0.5) is 0 Å². The first-order chi connectivity index (χ1) is 10.1. The van der Waals surface area contributed by atoms with Gasteiger partial charge in [0.05, 0.1) is 22.2 Å². The Hall–Kier alpha value is -1.23. The van der Waals surface area contributed by atoms with E-state index in [1.165, 1.54) is 16.0 Å². The van der Waals surface area contributed by atoms with Crippen molar-refractivity contribution in [2.75, 3.05) is 13.1 Å². The quantitative estimate of drug-likeness (QED) is 0.942. The number of β-amino-alcohol motifs (C(OH)–C–C–N with tert-alkyl or cyclic N) is 1. The summed E-state index contributed by atoms with van der Waals surface area (Å²) in [5.74, 6) is 0. The lowest BCUT2D eigenvalue weighted by molar-refractivity contribution is 0.163. The van der Waals surface area contributed by atoms with Crippen LogP contribution in [0.25, 0.3) is 10.4 Å². The maximum atomic E-state index is 9.70. The molecule has 0 saturated carbocycles. The lowest BCUT2D eigenvalue weighted by Gasteiger charge is -2.24. The first kappa shape index (κ1) is 12.5. The average molecular weight is 289 g/mol. The van der Waals surface area contributed by atoms with Crippen LogP contribution in [0.15, 0.2) is 29.8 Å². The van der Waals surface area contributed by atoms with Crippen molar-refractivity contribution in [2.24, 2.45) is 0 Å². The molecule has 20 heavy (non-hydrogen) atoms. The van der Waals surface area contributed by atoms with Gasteiger partial charge in [-0.25, -0.2) is 4.98 Å². The van der Waals surface area contributed by atoms with Crippen LogP contribution in [-0.4, -0.2) is 34.2 Å². The van der Waals surface area contributed by atoms with Gasteiger partial charge in [-0.2, -0.15) is 0 Å². The van der Waals surface area contributed by atoms with Crippen molar-refractivity contribution in [2.45, 2.75) is 32.4 Å². The molecule has 1 aromatic heterocycles. The molecular weight excluding hydrogens is 268 g/mol. The molecule has 0 aliphatic carbocycles. The van der Waals surface area contributed by atoms with E-state index >= 15 is 0 Å². The van der Waals surface area contributed by atoms with Crippen LogP contribution in [0.5, 0.6) is 0 Å². The Bertz CT molecular complexity index is 613. The molecule has 0 bridgehead atoms. The van der Waals surface area contributed by atoms with Gasteiger partial charge < -0.3 is 5.11 Å². The highest BCUT2D eigenvalue weighted by Gasteiger charge is 2.25. The number of aliphatic hydroxyl groups is 1.